The number of nitrogens with two attached hydrogens (primary N) is 1. The zero-order valence-corrected chi connectivity index (χ0v) is 11.4. The van der Waals surface area contributed by atoms with E-state index in [0.717, 1.165) is 37.8 Å². The van der Waals surface area contributed by atoms with Crippen molar-refractivity contribution in [3.8, 4) is 5.75 Å². The summed E-state index contributed by atoms with van der Waals surface area (Å²) in [5.41, 5.74) is 3.94. The normalized spacial score (nSPS) is 17.2. The summed E-state index contributed by atoms with van der Waals surface area (Å²) in [7, 11) is 0. The molecule has 0 aliphatic heterocycles. The van der Waals surface area contributed by atoms with E-state index >= 15 is 0 Å². The van der Waals surface area contributed by atoms with Crippen molar-refractivity contribution in [1.29, 1.82) is 0 Å². The summed E-state index contributed by atoms with van der Waals surface area (Å²) in [6.45, 7) is 0.417. The molecule has 0 bridgehead atoms. The molecule has 1 saturated carbocycles. The number of oxime groups is 1. The van der Waals surface area contributed by atoms with Crippen LogP contribution in [0.5, 0.6) is 5.75 Å². The Labute approximate surface area is 120 Å². The van der Waals surface area contributed by atoms with E-state index in [-0.39, 0.29) is 11.3 Å². The van der Waals surface area contributed by atoms with Crippen LogP contribution in [-0.2, 0) is 6.18 Å². The van der Waals surface area contributed by atoms with Crippen LogP contribution in [0.1, 0.15) is 36.8 Å². The molecule has 0 spiro atoms. The minimum absolute atomic E-state index is 0.142. The molecule has 0 radical (unpaired) electrons. The van der Waals surface area contributed by atoms with Crippen LogP contribution < -0.4 is 10.5 Å². The maximum Gasteiger partial charge on any atom is 0.417 e. The third-order valence-electron chi connectivity index (χ3n) is 3.64. The lowest BCUT2D eigenvalue weighted by atomic mass is 10.1. The summed E-state index contributed by atoms with van der Waals surface area (Å²) in [6, 6.07) is 3.45. The molecular weight excluding hydrogens is 285 g/mol. The minimum Gasteiger partial charge on any atom is -0.493 e. The van der Waals surface area contributed by atoms with Crippen LogP contribution in [0.2, 0.25) is 0 Å². The lowest BCUT2D eigenvalue weighted by Crippen LogP contribution is -2.20. The molecule has 1 aliphatic rings. The molecule has 0 heterocycles. The molecule has 0 atom stereocenters. The molecule has 3 N–H and O–H groups in total. The summed E-state index contributed by atoms with van der Waals surface area (Å²) in [4.78, 5) is 0. The van der Waals surface area contributed by atoms with Gasteiger partial charge in [-0.1, -0.05) is 18.0 Å². The van der Waals surface area contributed by atoms with Gasteiger partial charge in [0.1, 0.15) is 5.75 Å². The molecule has 21 heavy (non-hydrogen) atoms. The van der Waals surface area contributed by atoms with Crippen LogP contribution in [0.4, 0.5) is 13.2 Å². The predicted molar refractivity (Wildman–Crippen MR) is 71.4 cm³/mol. The quantitative estimate of drug-likeness (QED) is 0.388. The van der Waals surface area contributed by atoms with Gasteiger partial charge >= 0.3 is 6.18 Å². The molecule has 4 nitrogen and oxygen atoms in total. The molecule has 0 amide bonds. The smallest absolute Gasteiger partial charge is 0.417 e. The minimum atomic E-state index is -4.60. The maximum atomic E-state index is 13.0. The molecule has 0 saturated heterocycles. The first-order valence-corrected chi connectivity index (χ1v) is 6.73. The molecule has 0 aromatic heterocycles. The molecule has 1 fully saturated rings. The molecule has 2 rings (SSSR count). The van der Waals surface area contributed by atoms with Gasteiger partial charge in [0.25, 0.3) is 0 Å². The first-order chi connectivity index (χ1) is 9.91. The Balaban J connectivity index is 2.20. The van der Waals surface area contributed by atoms with Gasteiger partial charge in [0.05, 0.1) is 12.2 Å². The summed E-state index contributed by atoms with van der Waals surface area (Å²) in [6.07, 6.45) is -0.214. The van der Waals surface area contributed by atoms with Crippen LogP contribution in [0, 0.1) is 5.92 Å². The topological polar surface area (TPSA) is 67.8 Å². The Morgan fingerprint density at radius 1 is 1.33 bits per heavy atom. The van der Waals surface area contributed by atoms with Crippen molar-refractivity contribution in [3.63, 3.8) is 0 Å². The lowest BCUT2D eigenvalue weighted by molar-refractivity contribution is -0.137. The number of ether oxygens (including phenoxy) is 1. The second-order valence-electron chi connectivity index (χ2n) is 5.15. The van der Waals surface area contributed by atoms with Crippen molar-refractivity contribution in [1.82, 2.24) is 0 Å². The number of hydrogen-bond acceptors (Lipinski definition) is 3. The first-order valence-electron chi connectivity index (χ1n) is 6.73. The summed E-state index contributed by atoms with van der Waals surface area (Å²) < 4.78 is 44.5. The first kappa shape index (κ1) is 15.5. The van der Waals surface area contributed by atoms with Gasteiger partial charge in [-0.3, -0.25) is 0 Å². The Kier molecular flexibility index (Phi) is 4.59. The maximum absolute atomic E-state index is 13.0. The molecule has 116 valence electrons. The highest BCUT2D eigenvalue weighted by Crippen LogP contribution is 2.35. The highest BCUT2D eigenvalue weighted by Gasteiger charge is 2.35. The van der Waals surface area contributed by atoms with E-state index in [2.05, 4.69) is 5.16 Å². The average molecular weight is 302 g/mol. The molecule has 1 aromatic rings. The van der Waals surface area contributed by atoms with Crippen molar-refractivity contribution >= 4 is 5.84 Å². The highest BCUT2D eigenvalue weighted by molar-refractivity contribution is 5.98. The fourth-order valence-electron chi connectivity index (χ4n) is 2.52. The fourth-order valence-corrected chi connectivity index (χ4v) is 2.52. The predicted octanol–water partition coefficient (Wildman–Crippen LogP) is 3.37. The number of hydrogen-bond donors (Lipinski definition) is 2. The molecule has 1 aliphatic carbocycles. The van der Waals surface area contributed by atoms with E-state index in [1.54, 1.807) is 0 Å². The van der Waals surface area contributed by atoms with Crippen LogP contribution in [-0.4, -0.2) is 17.6 Å². The third kappa shape index (κ3) is 3.80. The number of halogens is 3. The van der Waals surface area contributed by atoms with Crippen molar-refractivity contribution in [2.45, 2.75) is 31.9 Å². The van der Waals surface area contributed by atoms with Crippen molar-refractivity contribution < 1.29 is 23.1 Å². The van der Waals surface area contributed by atoms with Crippen molar-refractivity contribution in [2.75, 3.05) is 6.61 Å². The lowest BCUT2D eigenvalue weighted by Gasteiger charge is -2.16. The molecule has 7 heteroatoms. The second-order valence-corrected chi connectivity index (χ2v) is 5.15. The van der Waals surface area contributed by atoms with Crippen LogP contribution in [0.15, 0.2) is 23.4 Å². The van der Waals surface area contributed by atoms with E-state index in [9.17, 15) is 13.2 Å². The van der Waals surface area contributed by atoms with E-state index < -0.39 is 17.6 Å². The Bertz CT molecular complexity index is 523. The largest absolute Gasteiger partial charge is 0.493 e. The number of benzene rings is 1. The second kappa shape index (κ2) is 6.24. The van der Waals surface area contributed by atoms with E-state index in [0.29, 0.717) is 12.5 Å². The summed E-state index contributed by atoms with van der Waals surface area (Å²) >= 11 is 0. The van der Waals surface area contributed by atoms with Crippen LogP contribution >= 0.6 is 0 Å². The number of rotatable bonds is 4. The summed E-state index contributed by atoms with van der Waals surface area (Å²) in [5.74, 6) is -0.0310. The molecular formula is C14H17F3N2O2. The van der Waals surface area contributed by atoms with Gasteiger partial charge in [0.15, 0.2) is 5.84 Å². The fraction of sp³-hybridized carbons (Fsp3) is 0.500. The zero-order valence-electron chi connectivity index (χ0n) is 11.4. The molecule has 0 unspecified atom stereocenters. The van der Waals surface area contributed by atoms with E-state index in [1.807, 2.05) is 0 Å². The monoisotopic (exact) mass is 302 g/mol. The van der Waals surface area contributed by atoms with Crippen LogP contribution in [0.25, 0.3) is 0 Å². The van der Waals surface area contributed by atoms with Gasteiger partial charge in [-0.2, -0.15) is 13.2 Å². The van der Waals surface area contributed by atoms with Gasteiger partial charge in [-0.15, -0.1) is 0 Å². The average Bonchev–Trinajstić information content (AvgIpc) is 2.96. The Morgan fingerprint density at radius 2 is 2.00 bits per heavy atom. The van der Waals surface area contributed by atoms with Gasteiger partial charge in [-0.05, 0) is 37.0 Å². The van der Waals surface area contributed by atoms with Crippen molar-refractivity contribution in [2.24, 2.45) is 16.8 Å². The summed E-state index contributed by atoms with van der Waals surface area (Å²) in [5, 5.41) is 11.2. The van der Waals surface area contributed by atoms with Crippen molar-refractivity contribution in [3.05, 3.63) is 29.3 Å². The van der Waals surface area contributed by atoms with Gasteiger partial charge in [-0.25, -0.2) is 0 Å². The van der Waals surface area contributed by atoms with Gasteiger partial charge < -0.3 is 15.7 Å². The number of alkyl halides is 3. The van der Waals surface area contributed by atoms with Crippen LogP contribution in [0.3, 0.4) is 0 Å². The highest BCUT2D eigenvalue weighted by atomic mass is 19.4. The van der Waals surface area contributed by atoms with Gasteiger partial charge in [0.2, 0.25) is 0 Å². The standard InChI is InChI=1S/C14H17F3N2O2/c15-14(16,17)12-7-10(5-6-11(12)13(18)19-20)21-8-9-3-1-2-4-9/h5-7,9,20H,1-4,8H2,(H2,18,19). The molecule has 1 aromatic carbocycles. The SMILES string of the molecule is NC(=NO)c1ccc(OCC2CCCC2)cc1C(F)(F)F. The Hall–Kier alpha value is -1.92. The van der Waals surface area contributed by atoms with Gasteiger partial charge in [0, 0.05) is 5.56 Å². The number of nitrogens with zero attached hydrogens (tertiary/aromatic N) is 1. The third-order valence-corrected chi connectivity index (χ3v) is 3.64. The van der Waals surface area contributed by atoms with E-state index in [4.69, 9.17) is 15.7 Å². The number of amidine groups is 1. The zero-order chi connectivity index (χ0) is 15.5. The Morgan fingerprint density at radius 3 is 2.57 bits per heavy atom. The van der Waals surface area contributed by atoms with E-state index in [1.165, 1.54) is 6.07 Å².